The number of hydrogen-bond acceptors (Lipinski definition) is 3. The van der Waals surface area contributed by atoms with Gasteiger partial charge in [0.1, 0.15) is 0 Å². The number of rotatable bonds is 6. The first-order valence-corrected chi connectivity index (χ1v) is 8.37. The zero-order chi connectivity index (χ0) is 16.2. The maximum Gasteiger partial charge on any atom is 0.272 e. The zero-order valence-corrected chi connectivity index (χ0v) is 13.9. The Kier molecular flexibility index (Phi) is 4.76. The summed E-state index contributed by atoms with van der Waals surface area (Å²) in [5.41, 5.74) is 5.14. The number of hydrogen-bond donors (Lipinski definition) is 2. The molecule has 0 radical (unpaired) electrons. The average Bonchev–Trinajstić information content (AvgIpc) is 3.14. The van der Waals surface area contributed by atoms with E-state index in [0.29, 0.717) is 12.2 Å². The number of aromatic nitrogens is 2. The normalized spacial score (nSPS) is 13.1. The average molecular weight is 312 g/mol. The van der Waals surface area contributed by atoms with E-state index in [0.717, 1.165) is 43.6 Å². The van der Waals surface area contributed by atoms with Gasteiger partial charge in [0.15, 0.2) is 5.69 Å². The van der Waals surface area contributed by atoms with Gasteiger partial charge in [-0.05, 0) is 44.9 Å². The number of carbonyl (C=O) groups is 1. The van der Waals surface area contributed by atoms with E-state index in [2.05, 4.69) is 53.8 Å². The highest BCUT2D eigenvalue weighted by Gasteiger charge is 2.26. The molecule has 3 rings (SSSR count). The number of carbonyl (C=O) groups excluding carboxylic acids is 1. The van der Waals surface area contributed by atoms with Crippen molar-refractivity contribution in [3.8, 4) is 5.69 Å². The maximum atomic E-state index is 12.5. The summed E-state index contributed by atoms with van der Waals surface area (Å²) >= 11 is 0. The Bertz CT molecular complexity index is 688. The molecule has 0 unspecified atom stereocenters. The minimum Gasteiger partial charge on any atom is -0.349 e. The highest BCUT2D eigenvalue weighted by molar-refractivity contribution is 5.94. The summed E-state index contributed by atoms with van der Waals surface area (Å²) in [6, 6.07) is 8.28. The molecule has 2 N–H and O–H groups in total. The summed E-state index contributed by atoms with van der Waals surface area (Å²) in [5, 5.41) is 10.8. The van der Waals surface area contributed by atoms with E-state index in [1.807, 2.05) is 4.68 Å². The fourth-order valence-electron chi connectivity index (χ4n) is 3.04. The molecule has 0 aliphatic heterocycles. The van der Waals surface area contributed by atoms with E-state index in [-0.39, 0.29) is 5.91 Å². The van der Waals surface area contributed by atoms with Crippen LogP contribution in [0.4, 0.5) is 0 Å². The van der Waals surface area contributed by atoms with Gasteiger partial charge in [-0.2, -0.15) is 5.10 Å². The van der Waals surface area contributed by atoms with E-state index in [1.165, 1.54) is 11.3 Å². The van der Waals surface area contributed by atoms with Crippen molar-refractivity contribution in [2.45, 2.75) is 33.1 Å². The van der Waals surface area contributed by atoms with Crippen molar-refractivity contribution in [2.24, 2.45) is 0 Å². The van der Waals surface area contributed by atoms with Gasteiger partial charge in [-0.15, -0.1) is 0 Å². The Morgan fingerprint density at radius 3 is 2.74 bits per heavy atom. The third-order valence-corrected chi connectivity index (χ3v) is 4.26. The van der Waals surface area contributed by atoms with Crippen LogP contribution in [0.1, 0.15) is 40.7 Å². The molecule has 5 heteroatoms. The van der Waals surface area contributed by atoms with Gasteiger partial charge >= 0.3 is 0 Å². The highest BCUT2D eigenvalue weighted by Crippen LogP contribution is 2.27. The van der Waals surface area contributed by atoms with Crippen molar-refractivity contribution in [1.82, 2.24) is 20.4 Å². The molecule has 5 nitrogen and oxygen atoms in total. The molecule has 0 bridgehead atoms. The Morgan fingerprint density at radius 1 is 1.22 bits per heavy atom. The molecule has 122 valence electrons. The van der Waals surface area contributed by atoms with Crippen molar-refractivity contribution >= 4 is 5.91 Å². The number of nitrogens with zero attached hydrogens (tertiary/aromatic N) is 2. The first kappa shape index (κ1) is 15.7. The number of benzene rings is 1. The van der Waals surface area contributed by atoms with Crippen LogP contribution in [0.5, 0.6) is 0 Å². The van der Waals surface area contributed by atoms with E-state index >= 15 is 0 Å². The number of likely N-dealkylation sites (N-methyl/N-ethyl adjacent to an activating group) is 1. The molecule has 0 fully saturated rings. The van der Waals surface area contributed by atoms with Crippen molar-refractivity contribution < 1.29 is 4.79 Å². The molecule has 0 saturated heterocycles. The lowest BCUT2D eigenvalue weighted by molar-refractivity contribution is 0.0947. The summed E-state index contributed by atoms with van der Waals surface area (Å²) in [6.07, 6.45) is 3.02. The predicted octanol–water partition coefficient (Wildman–Crippen LogP) is 2.01. The third kappa shape index (κ3) is 3.29. The largest absolute Gasteiger partial charge is 0.349 e. The number of amides is 1. The summed E-state index contributed by atoms with van der Waals surface area (Å²) in [5.74, 6) is -0.0630. The topological polar surface area (TPSA) is 58.9 Å². The van der Waals surface area contributed by atoms with Crippen LogP contribution in [0.2, 0.25) is 0 Å². The van der Waals surface area contributed by atoms with Crippen LogP contribution in [-0.4, -0.2) is 35.3 Å². The Morgan fingerprint density at radius 2 is 2.00 bits per heavy atom. The van der Waals surface area contributed by atoms with Gasteiger partial charge in [-0.3, -0.25) is 4.79 Å². The molecular formula is C18H24N4O. The summed E-state index contributed by atoms with van der Waals surface area (Å²) in [6.45, 7) is 6.44. The van der Waals surface area contributed by atoms with Crippen LogP contribution in [0, 0.1) is 6.92 Å². The SMILES string of the molecule is CCNCCNC(=O)c1nn(-c2ccc(C)cc2)c2c1CCC2. The minimum absolute atomic E-state index is 0.0630. The van der Waals surface area contributed by atoms with Gasteiger partial charge < -0.3 is 10.6 Å². The van der Waals surface area contributed by atoms with Gasteiger partial charge in [-0.1, -0.05) is 24.6 Å². The monoisotopic (exact) mass is 312 g/mol. The van der Waals surface area contributed by atoms with Crippen molar-refractivity contribution in [1.29, 1.82) is 0 Å². The highest BCUT2D eigenvalue weighted by atomic mass is 16.1. The molecule has 1 aliphatic rings. The van der Waals surface area contributed by atoms with Crippen LogP contribution < -0.4 is 10.6 Å². The number of aryl methyl sites for hydroxylation is 1. The van der Waals surface area contributed by atoms with Crippen molar-refractivity contribution in [3.05, 3.63) is 46.8 Å². The van der Waals surface area contributed by atoms with Crippen LogP contribution in [-0.2, 0) is 12.8 Å². The molecule has 1 amide bonds. The molecule has 1 heterocycles. The maximum absolute atomic E-state index is 12.5. The molecule has 0 spiro atoms. The van der Waals surface area contributed by atoms with Crippen molar-refractivity contribution in [3.63, 3.8) is 0 Å². The predicted molar refractivity (Wildman–Crippen MR) is 91.2 cm³/mol. The summed E-state index contributed by atoms with van der Waals surface area (Å²) in [7, 11) is 0. The quantitative estimate of drug-likeness (QED) is 0.802. The lowest BCUT2D eigenvalue weighted by Crippen LogP contribution is -2.32. The van der Waals surface area contributed by atoms with Gasteiger partial charge in [0.25, 0.3) is 5.91 Å². The molecule has 1 aliphatic carbocycles. The zero-order valence-electron chi connectivity index (χ0n) is 13.9. The molecule has 1 aromatic heterocycles. The van der Waals surface area contributed by atoms with Crippen LogP contribution in [0.3, 0.4) is 0 Å². The molecule has 0 atom stereocenters. The van der Waals surface area contributed by atoms with E-state index in [4.69, 9.17) is 0 Å². The number of fused-ring (bicyclic) bond motifs is 1. The second-order valence-electron chi connectivity index (χ2n) is 5.98. The molecule has 1 aromatic carbocycles. The lowest BCUT2D eigenvalue weighted by Gasteiger charge is -2.06. The fraction of sp³-hybridized carbons (Fsp3) is 0.444. The molecular weight excluding hydrogens is 288 g/mol. The van der Waals surface area contributed by atoms with Crippen LogP contribution in [0.25, 0.3) is 5.69 Å². The van der Waals surface area contributed by atoms with Gasteiger partial charge in [0, 0.05) is 24.3 Å². The lowest BCUT2D eigenvalue weighted by atomic mass is 10.2. The number of nitrogens with one attached hydrogen (secondary N) is 2. The van der Waals surface area contributed by atoms with Gasteiger partial charge in [0.05, 0.1) is 5.69 Å². The van der Waals surface area contributed by atoms with Gasteiger partial charge in [-0.25, -0.2) is 4.68 Å². The van der Waals surface area contributed by atoms with Crippen molar-refractivity contribution in [2.75, 3.05) is 19.6 Å². The minimum atomic E-state index is -0.0630. The first-order chi connectivity index (χ1) is 11.2. The summed E-state index contributed by atoms with van der Waals surface area (Å²) < 4.78 is 1.95. The second kappa shape index (κ2) is 6.96. The fourth-order valence-corrected chi connectivity index (χ4v) is 3.04. The molecule has 2 aromatic rings. The molecule has 0 saturated carbocycles. The first-order valence-electron chi connectivity index (χ1n) is 8.37. The van der Waals surface area contributed by atoms with E-state index in [1.54, 1.807) is 0 Å². The standard InChI is InChI=1S/C18H24N4O/c1-3-19-11-12-20-18(23)17-15-5-4-6-16(15)22(21-17)14-9-7-13(2)8-10-14/h7-10,19H,3-6,11-12H2,1-2H3,(H,20,23). The molecule has 23 heavy (non-hydrogen) atoms. The Labute approximate surface area is 137 Å². The smallest absolute Gasteiger partial charge is 0.272 e. The Balaban J connectivity index is 1.83. The second-order valence-corrected chi connectivity index (χ2v) is 5.98. The summed E-state index contributed by atoms with van der Waals surface area (Å²) in [4.78, 5) is 12.5. The Hall–Kier alpha value is -2.14. The van der Waals surface area contributed by atoms with Crippen LogP contribution in [0.15, 0.2) is 24.3 Å². The van der Waals surface area contributed by atoms with E-state index in [9.17, 15) is 4.79 Å². The van der Waals surface area contributed by atoms with Gasteiger partial charge in [0.2, 0.25) is 0 Å². The van der Waals surface area contributed by atoms with E-state index < -0.39 is 0 Å². The third-order valence-electron chi connectivity index (χ3n) is 4.26. The van der Waals surface area contributed by atoms with Crippen LogP contribution >= 0.6 is 0 Å².